The molecule has 1 fully saturated rings. The maximum atomic E-state index is 13.5. The van der Waals surface area contributed by atoms with Crippen molar-refractivity contribution in [3.05, 3.63) is 70.3 Å². The van der Waals surface area contributed by atoms with E-state index in [0.29, 0.717) is 42.1 Å². The summed E-state index contributed by atoms with van der Waals surface area (Å²) in [5, 5.41) is -0.119. The Hall–Kier alpha value is -3.04. The number of carbonyl (C=O) groups excluding carboxylic acids is 2. The van der Waals surface area contributed by atoms with E-state index in [9.17, 15) is 18.0 Å². The van der Waals surface area contributed by atoms with Crippen molar-refractivity contribution in [3.63, 3.8) is 0 Å². The molecule has 0 aromatic heterocycles. The number of aryl methyl sites for hydroxylation is 1. The predicted molar refractivity (Wildman–Crippen MR) is 179 cm³/mol. The van der Waals surface area contributed by atoms with Crippen molar-refractivity contribution in [3.8, 4) is 5.75 Å². The predicted octanol–water partition coefficient (Wildman–Crippen LogP) is 6.23. The molecule has 0 unspecified atom stereocenters. The van der Waals surface area contributed by atoms with Crippen molar-refractivity contribution in [2.45, 2.75) is 70.7 Å². The highest BCUT2D eigenvalue weighted by Gasteiger charge is 2.34. The van der Waals surface area contributed by atoms with Gasteiger partial charge in [-0.15, -0.1) is 0 Å². The minimum absolute atomic E-state index is 0.0131. The van der Waals surface area contributed by atoms with E-state index in [1.54, 1.807) is 44.1 Å². The molecule has 2 amide bonds. The average molecular weight is 656 g/mol. The van der Waals surface area contributed by atoms with E-state index in [1.165, 1.54) is 5.56 Å². The molecule has 5 rings (SSSR count). The number of hydrogen-bond acceptors (Lipinski definition) is 6. The van der Waals surface area contributed by atoms with Gasteiger partial charge in [-0.2, -0.15) is 0 Å². The molecule has 10 heteroatoms. The first-order valence-electron chi connectivity index (χ1n) is 16.1. The summed E-state index contributed by atoms with van der Waals surface area (Å²) in [6, 6.07) is 11.1. The number of amides is 2. The van der Waals surface area contributed by atoms with Crippen molar-refractivity contribution < 1.29 is 22.7 Å². The van der Waals surface area contributed by atoms with Gasteiger partial charge in [-0.3, -0.25) is 9.59 Å². The lowest BCUT2D eigenvalue weighted by Crippen LogP contribution is -2.41. The van der Waals surface area contributed by atoms with Crippen LogP contribution in [0, 0.1) is 23.7 Å². The molecule has 2 heterocycles. The molecule has 1 N–H and O–H groups in total. The molecule has 0 spiro atoms. The van der Waals surface area contributed by atoms with Crippen LogP contribution in [0.4, 0.5) is 5.69 Å². The van der Waals surface area contributed by atoms with E-state index in [0.717, 1.165) is 56.4 Å². The summed E-state index contributed by atoms with van der Waals surface area (Å²) in [6.45, 7) is 5.45. The normalized spacial score (nSPS) is 27.7. The van der Waals surface area contributed by atoms with Crippen LogP contribution in [0.3, 0.4) is 0 Å². The fourth-order valence-electron chi connectivity index (χ4n) is 6.63. The first-order valence-corrected chi connectivity index (χ1v) is 18.1. The van der Waals surface area contributed by atoms with E-state index in [4.69, 9.17) is 16.3 Å². The number of hydrogen-bond donors (Lipinski definition) is 1. The Labute approximate surface area is 273 Å². The molecule has 5 atom stereocenters. The lowest BCUT2D eigenvalue weighted by molar-refractivity contribution is -0.129. The molecular weight excluding hydrogens is 610 g/mol. The molecule has 2 aromatic rings. The fourth-order valence-corrected chi connectivity index (χ4v) is 8.11. The third-order valence-electron chi connectivity index (χ3n) is 9.94. The highest BCUT2D eigenvalue weighted by Crippen LogP contribution is 2.40. The standard InChI is InChI=1S/C35H46ClN3O5S/c1-23-17-25(18-34(40)38(3)4)8-9-26-10-11-29(26)21-39-16-6-5-7-27-19-31(36)14-12-30(27)22-44-33-15-13-28(20-32(33)39)35(41)37-45(42,43)24(23)2/h8-9,12-15,19-20,23-26,29H,5-7,10-11,16-18,21-22H2,1-4H3,(H,37,41)/b9-8+/t23-,24+,25+,26+,29-/m0/s1. The van der Waals surface area contributed by atoms with Gasteiger partial charge < -0.3 is 14.5 Å². The fraction of sp³-hybridized carbons (Fsp3) is 0.543. The minimum atomic E-state index is -3.99. The topological polar surface area (TPSA) is 96.0 Å². The van der Waals surface area contributed by atoms with Crippen LogP contribution in [0.2, 0.25) is 5.02 Å². The zero-order valence-corrected chi connectivity index (χ0v) is 28.4. The number of nitrogens with one attached hydrogen (secondary N) is 1. The van der Waals surface area contributed by atoms with Gasteiger partial charge in [-0.05, 0) is 111 Å². The summed E-state index contributed by atoms with van der Waals surface area (Å²) >= 11 is 6.33. The Morgan fingerprint density at radius 2 is 1.87 bits per heavy atom. The Balaban J connectivity index is 1.52. The number of ether oxygens (including phenoxy) is 1. The number of anilines is 1. The molecule has 3 aliphatic rings. The Bertz CT molecular complexity index is 1540. The molecule has 45 heavy (non-hydrogen) atoms. The molecule has 244 valence electrons. The maximum Gasteiger partial charge on any atom is 0.264 e. The van der Waals surface area contributed by atoms with Gasteiger partial charge >= 0.3 is 0 Å². The lowest BCUT2D eigenvalue weighted by Gasteiger charge is -2.40. The van der Waals surface area contributed by atoms with Crippen molar-refractivity contribution in [2.24, 2.45) is 23.7 Å². The van der Waals surface area contributed by atoms with E-state index >= 15 is 0 Å². The second-order valence-corrected chi connectivity index (χ2v) is 15.8. The Morgan fingerprint density at radius 1 is 1.07 bits per heavy atom. The average Bonchev–Trinajstić information content (AvgIpc) is 3.01. The molecule has 1 aliphatic carbocycles. The first-order chi connectivity index (χ1) is 21.4. The van der Waals surface area contributed by atoms with E-state index in [1.807, 2.05) is 25.1 Å². The van der Waals surface area contributed by atoms with Crippen LogP contribution in [0.5, 0.6) is 5.75 Å². The largest absolute Gasteiger partial charge is 0.487 e. The molecule has 2 bridgehead atoms. The summed E-state index contributed by atoms with van der Waals surface area (Å²) in [5.41, 5.74) is 3.34. The Morgan fingerprint density at radius 3 is 2.60 bits per heavy atom. The van der Waals surface area contributed by atoms with Crippen LogP contribution >= 0.6 is 11.6 Å². The van der Waals surface area contributed by atoms with E-state index in [2.05, 4.69) is 21.8 Å². The number of nitrogens with zero attached hydrogens (tertiary/aromatic N) is 2. The molecule has 0 radical (unpaired) electrons. The van der Waals surface area contributed by atoms with Crippen molar-refractivity contribution >= 4 is 39.1 Å². The zero-order chi connectivity index (χ0) is 32.3. The monoisotopic (exact) mass is 655 g/mol. The molecule has 8 nitrogen and oxygen atoms in total. The van der Waals surface area contributed by atoms with E-state index in [-0.39, 0.29) is 23.3 Å². The highest BCUT2D eigenvalue weighted by molar-refractivity contribution is 7.90. The maximum absolute atomic E-state index is 13.5. The van der Waals surface area contributed by atoms with Crippen LogP contribution in [0.25, 0.3) is 0 Å². The molecule has 1 saturated carbocycles. The van der Waals surface area contributed by atoms with Crippen LogP contribution in [0.1, 0.15) is 73.9 Å². The number of allylic oxidation sites excluding steroid dienone is 2. The van der Waals surface area contributed by atoms with Gasteiger partial charge in [0.1, 0.15) is 12.4 Å². The van der Waals surface area contributed by atoms with E-state index < -0.39 is 21.2 Å². The van der Waals surface area contributed by atoms with Crippen molar-refractivity contribution in [1.82, 2.24) is 9.62 Å². The minimum Gasteiger partial charge on any atom is -0.487 e. The number of sulfonamides is 1. The smallest absolute Gasteiger partial charge is 0.264 e. The third-order valence-corrected chi connectivity index (χ3v) is 12.1. The summed E-state index contributed by atoms with van der Waals surface area (Å²) in [5.74, 6) is 0.429. The van der Waals surface area contributed by atoms with Crippen LogP contribution < -0.4 is 14.4 Å². The summed E-state index contributed by atoms with van der Waals surface area (Å²) in [4.78, 5) is 30.1. The summed E-state index contributed by atoms with van der Waals surface area (Å²) in [6.07, 6.45) is 10.2. The highest BCUT2D eigenvalue weighted by atomic mass is 35.5. The van der Waals surface area contributed by atoms with Gasteiger partial charge in [0.15, 0.2) is 0 Å². The lowest BCUT2D eigenvalue weighted by atomic mass is 9.72. The van der Waals surface area contributed by atoms with Gasteiger partial charge in [0.05, 0.1) is 10.9 Å². The van der Waals surface area contributed by atoms with Crippen molar-refractivity contribution in [1.29, 1.82) is 0 Å². The van der Waals surface area contributed by atoms with Gasteiger partial charge in [0, 0.05) is 44.2 Å². The van der Waals surface area contributed by atoms with Gasteiger partial charge in [-0.1, -0.05) is 36.7 Å². The van der Waals surface area contributed by atoms with Gasteiger partial charge in [0.2, 0.25) is 15.9 Å². The van der Waals surface area contributed by atoms with Gasteiger partial charge in [0.25, 0.3) is 5.91 Å². The summed E-state index contributed by atoms with van der Waals surface area (Å²) < 4.78 is 35.7. The Kier molecular flexibility index (Phi) is 10.5. The van der Waals surface area contributed by atoms with Crippen LogP contribution in [0.15, 0.2) is 48.6 Å². The number of benzene rings is 2. The van der Waals surface area contributed by atoms with Crippen LogP contribution in [-0.4, -0.2) is 57.6 Å². The first kappa shape index (κ1) is 33.3. The summed E-state index contributed by atoms with van der Waals surface area (Å²) in [7, 11) is -0.504. The second-order valence-electron chi connectivity index (χ2n) is 13.3. The zero-order valence-electron chi connectivity index (χ0n) is 26.8. The van der Waals surface area contributed by atoms with Crippen LogP contribution in [-0.2, 0) is 27.8 Å². The number of rotatable bonds is 2. The molecular formula is C35H46ClN3O5S. The number of halogens is 1. The third kappa shape index (κ3) is 8.04. The number of fused-ring (bicyclic) bond motifs is 3. The van der Waals surface area contributed by atoms with Crippen molar-refractivity contribution in [2.75, 3.05) is 32.1 Å². The molecule has 0 saturated heterocycles. The second kappa shape index (κ2) is 14.2. The SMILES string of the molecule is C[C@@H]1[C@@H](C)C[C@H](CC(=O)N(C)C)/C=C/[C@@H]2CC[C@H]2CN2CCCCc3cc(Cl)ccc3COc3ccc(cc32)C(=O)NS1(=O)=O. The number of carbonyl (C=O) groups is 2. The molecule has 2 aromatic carbocycles. The molecule has 2 aliphatic heterocycles. The quantitative estimate of drug-likeness (QED) is 0.386. The van der Waals surface area contributed by atoms with Gasteiger partial charge in [-0.25, -0.2) is 13.1 Å².